The summed E-state index contributed by atoms with van der Waals surface area (Å²) in [5, 5.41) is 3.03. The van der Waals surface area contributed by atoms with E-state index in [9.17, 15) is 9.59 Å². The number of morpholine rings is 1. The van der Waals surface area contributed by atoms with Crippen LogP contribution in [0, 0.1) is 13.8 Å². The lowest BCUT2D eigenvalue weighted by molar-refractivity contribution is 0.0342. The summed E-state index contributed by atoms with van der Waals surface area (Å²) in [7, 11) is 5.87. The minimum Gasteiger partial charge on any atom is -0.482 e. The van der Waals surface area contributed by atoms with Crippen LogP contribution in [0.5, 0.6) is 5.88 Å². The lowest BCUT2D eigenvalue weighted by Gasteiger charge is -2.40. The molecule has 0 atom stereocenters. The molecule has 1 aliphatic carbocycles. The van der Waals surface area contributed by atoms with Crippen molar-refractivity contribution in [3.8, 4) is 17.0 Å². The van der Waals surface area contributed by atoms with Crippen molar-refractivity contribution >= 4 is 11.6 Å². The molecule has 1 aliphatic heterocycles. The molecule has 2 aliphatic rings. The molecule has 1 saturated heterocycles. The summed E-state index contributed by atoms with van der Waals surface area (Å²) in [6.45, 7) is 11.4. The van der Waals surface area contributed by atoms with Crippen LogP contribution in [0.3, 0.4) is 0 Å². The predicted octanol–water partition coefficient (Wildman–Crippen LogP) is 5.13. The number of nitrogens with zero attached hydrogens (tertiary/aromatic N) is 3. The summed E-state index contributed by atoms with van der Waals surface area (Å²) in [6, 6.07) is 15.5. The van der Waals surface area contributed by atoms with Crippen molar-refractivity contribution in [3.63, 3.8) is 0 Å². The Morgan fingerprint density at radius 2 is 1.67 bits per heavy atom. The quantitative estimate of drug-likeness (QED) is 0.304. The Kier molecular flexibility index (Phi) is 11.2. The Bertz CT molecular complexity index is 1540. The van der Waals surface area contributed by atoms with Gasteiger partial charge in [0.1, 0.15) is 0 Å². The number of methoxy groups -OCH3 is 1. The fraction of sp³-hybridized carbons (Fsp3) is 0.514. The third-order valence-corrected chi connectivity index (χ3v) is 9.77. The van der Waals surface area contributed by atoms with Gasteiger partial charge in [0.15, 0.2) is 11.3 Å². The summed E-state index contributed by atoms with van der Waals surface area (Å²) >= 11 is 0. The predicted molar refractivity (Wildman–Crippen MR) is 185 cm³/mol. The molecular formula is C37H51N5O4. The molecule has 0 radical (unpaired) electrons. The molecule has 9 heteroatoms. The molecule has 2 fully saturated rings. The van der Waals surface area contributed by atoms with Crippen LogP contribution in [-0.4, -0.2) is 86.8 Å². The van der Waals surface area contributed by atoms with Crippen molar-refractivity contribution in [2.24, 2.45) is 0 Å². The first-order valence-electron chi connectivity index (χ1n) is 16.7. The van der Waals surface area contributed by atoms with E-state index >= 15 is 0 Å². The number of hydrogen-bond acceptors (Lipinski definition) is 7. The zero-order valence-electron chi connectivity index (χ0n) is 28.4. The van der Waals surface area contributed by atoms with Gasteiger partial charge in [-0.2, -0.15) is 0 Å². The summed E-state index contributed by atoms with van der Waals surface area (Å²) in [5.41, 5.74) is 6.96. The summed E-state index contributed by atoms with van der Waals surface area (Å²) in [4.78, 5) is 37.1. The normalized spacial score (nSPS) is 18.8. The molecule has 5 rings (SSSR count). The third kappa shape index (κ3) is 7.82. The smallest absolute Gasteiger partial charge is 0.251 e. The number of aryl methyl sites for hydroxylation is 1. The molecule has 46 heavy (non-hydrogen) atoms. The second-order valence-corrected chi connectivity index (χ2v) is 13.0. The minimum absolute atomic E-state index is 0.0684. The van der Waals surface area contributed by atoms with E-state index in [0.29, 0.717) is 34.8 Å². The molecule has 9 nitrogen and oxygen atoms in total. The number of aromatic amines is 1. The Hall–Kier alpha value is -3.66. The van der Waals surface area contributed by atoms with Crippen molar-refractivity contribution in [2.75, 3.05) is 59.0 Å². The minimum atomic E-state index is -0.209. The average Bonchev–Trinajstić information content (AvgIpc) is 3.06. The number of anilines is 1. The van der Waals surface area contributed by atoms with Crippen molar-refractivity contribution in [1.29, 1.82) is 0 Å². The van der Waals surface area contributed by atoms with Gasteiger partial charge in [0, 0.05) is 61.3 Å². The van der Waals surface area contributed by atoms with E-state index in [1.807, 2.05) is 19.9 Å². The second kappa shape index (κ2) is 15.3. The van der Waals surface area contributed by atoms with Crippen LogP contribution in [-0.2, 0) is 17.8 Å². The van der Waals surface area contributed by atoms with Crippen LogP contribution < -0.4 is 20.4 Å². The molecule has 0 bridgehead atoms. The van der Waals surface area contributed by atoms with Crippen LogP contribution in [0.4, 0.5) is 5.69 Å². The van der Waals surface area contributed by atoms with Crippen LogP contribution in [0.2, 0.25) is 0 Å². The van der Waals surface area contributed by atoms with Gasteiger partial charge >= 0.3 is 0 Å². The van der Waals surface area contributed by atoms with Crippen LogP contribution in [0.25, 0.3) is 11.1 Å². The summed E-state index contributed by atoms with van der Waals surface area (Å²) in [6.07, 6.45) is 4.57. The van der Waals surface area contributed by atoms with Gasteiger partial charge in [0.05, 0.1) is 32.4 Å². The van der Waals surface area contributed by atoms with Gasteiger partial charge in [-0.1, -0.05) is 24.3 Å². The molecule has 1 saturated carbocycles. The number of hydrogen-bond donors (Lipinski definition) is 2. The number of rotatable bonds is 11. The molecule has 248 valence electrons. The Labute approximate surface area is 273 Å². The Morgan fingerprint density at radius 1 is 1.00 bits per heavy atom. The first-order chi connectivity index (χ1) is 22.2. The molecule has 2 N–H and O–H groups in total. The fourth-order valence-corrected chi connectivity index (χ4v) is 7.02. The molecule has 0 unspecified atom stereocenters. The highest BCUT2D eigenvalue weighted by atomic mass is 16.5. The molecule has 3 aromatic rings. The highest BCUT2D eigenvalue weighted by molar-refractivity contribution is 5.99. The molecule has 2 aromatic carbocycles. The van der Waals surface area contributed by atoms with E-state index in [2.05, 4.69) is 76.4 Å². The number of pyridine rings is 1. The van der Waals surface area contributed by atoms with Crippen LogP contribution in [0.15, 0.2) is 47.3 Å². The van der Waals surface area contributed by atoms with E-state index < -0.39 is 0 Å². The summed E-state index contributed by atoms with van der Waals surface area (Å²) < 4.78 is 10.9. The largest absolute Gasteiger partial charge is 0.482 e. The van der Waals surface area contributed by atoms with Crippen molar-refractivity contribution in [2.45, 2.75) is 71.6 Å². The molecule has 2 heterocycles. The topological polar surface area (TPSA) is 90.1 Å². The van der Waals surface area contributed by atoms with Gasteiger partial charge in [0.2, 0.25) is 0 Å². The highest BCUT2D eigenvalue weighted by Crippen LogP contribution is 2.36. The SMILES string of the molecule is CCN(c1cc(-c2ccc(CN3CCOCC3)cc2)cc(C(=O)NCc2c(OC)[nH]c(C)cc2=O)c1C)C1CCC(N(C)C)CC1. The van der Waals surface area contributed by atoms with Gasteiger partial charge in [-0.3, -0.25) is 14.5 Å². The van der Waals surface area contributed by atoms with E-state index in [1.165, 1.54) is 18.7 Å². The Morgan fingerprint density at radius 3 is 2.30 bits per heavy atom. The molecular weight excluding hydrogens is 578 g/mol. The van der Waals surface area contributed by atoms with Gasteiger partial charge in [0.25, 0.3) is 5.91 Å². The van der Waals surface area contributed by atoms with E-state index in [-0.39, 0.29) is 17.9 Å². The van der Waals surface area contributed by atoms with Gasteiger partial charge < -0.3 is 29.6 Å². The lowest BCUT2D eigenvalue weighted by Crippen LogP contribution is -2.42. The first kappa shape index (κ1) is 33.7. The second-order valence-electron chi connectivity index (χ2n) is 13.0. The number of H-pyrrole nitrogens is 1. The molecule has 1 aromatic heterocycles. The lowest BCUT2D eigenvalue weighted by atomic mass is 9.88. The zero-order chi connectivity index (χ0) is 32.8. The van der Waals surface area contributed by atoms with Crippen LogP contribution in [0.1, 0.15) is 65.3 Å². The fourth-order valence-electron chi connectivity index (χ4n) is 7.02. The summed E-state index contributed by atoms with van der Waals surface area (Å²) in [5.74, 6) is 0.165. The van der Waals surface area contributed by atoms with Crippen molar-refractivity contribution in [3.05, 3.63) is 80.6 Å². The van der Waals surface area contributed by atoms with Gasteiger partial charge in [-0.25, -0.2) is 0 Å². The number of amides is 1. The number of nitrogens with one attached hydrogen (secondary N) is 2. The van der Waals surface area contributed by atoms with Gasteiger partial charge in [-0.05, 0) is 94.9 Å². The number of carbonyl (C=O) groups is 1. The number of ether oxygens (including phenoxy) is 2. The zero-order valence-corrected chi connectivity index (χ0v) is 28.4. The maximum absolute atomic E-state index is 13.9. The molecule has 0 spiro atoms. The monoisotopic (exact) mass is 629 g/mol. The highest BCUT2D eigenvalue weighted by Gasteiger charge is 2.28. The maximum Gasteiger partial charge on any atom is 0.251 e. The van der Waals surface area contributed by atoms with Crippen molar-refractivity contribution in [1.82, 2.24) is 20.1 Å². The average molecular weight is 630 g/mol. The number of aromatic nitrogens is 1. The number of carbonyl (C=O) groups excluding carboxylic acids is 1. The van der Waals surface area contributed by atoms with Crippen LogP contribution >= 0.6 is 0 Å². The van der Waals surface area contributed by atoms with Gasteiger partial charge in [-0.15, -0.1) is 0 Å². The van der Waals surface area contributed by atoms with Crippen molar-refractivity contribution < 1.29 is 14.3 Å². The first-order valence-corrected chi connectivity index (χ1v) is 16.7. The van der Waals surface area contributed by atoms with E-state index in [1.54, 1.807) is 0 Å². The maximum atomic E-state index is 13.9. The Balaban J connectivity index is 1.46. The standard InChI is InChI=1S/C37H51N5O4/c1-7-42(31-14-12-30(13-15-31)40(4)5)34-22-29(28-10-8-27(9-11-28)24-41-16-18-46-19-17-41)21-32(26(34)3)36(44)38-23-33-35(43)20-25(2)39-37(33)45-6/h8-11,20-22,30-31H,7,12-19,23-24H2,1-6H3,(H,38,44)(H,39,43). The van der Waals surface area contributed by atoms with E-state index in [0.717, 1.165) is 87.5 Å². The third-order valence-electron chi connectivity index (χ3n) is 9.77. The number of benzene rings is 2. The molecule has 1 amide bonds. The van der Waals surface area contributed by atoms with E-state index in [4.69, 9.17) is 9.47 Å².